The number of hydrogen-bond acceptors (Lipinski definition) is 2. The molecule has 16 heavy (non-hydrogen) atoms. The molecule has 4 heteroatoms. The second-order valence-electron chi connectivity index (χ2n) is 5.04. The van der Waals surface area contributed by atoms with E-state index in [-0.39, 0.29) is 23.7 Å². The van der Waals surface area contributed by atoms with E-state index >= 15 is 0 Å². The Morgan fingerprint density at radius 2 is 2.00 bits per heavy atom. The molecule has 2 N–H and O–H groups in total. The molecule has 0 aliphatic carbocycles. The van der Waals surface area contributed by atoms with E-state index in [9.17, 15) is 4.79 Å². The molecule has 1 unspecified atom stereocenters. The van der Waals surface area contributed by atoms with Gasteiger partial charge >= 0.3 is 0 Å². The Kier molecular flexibility index (Phi) is 6.34. The van der Waals surface area contributed by atoms with Gasteiger partial charge in [0.1, 0.15) is 0 Å². The molecule has 0 bridgehead atoms. The van der Waals surface area contributed by atoms with Crippen LogP contribution in [0, 0.1) is 11.3 Å². The topological polar surface area (TPSA) is 46.3 Å². The first-order valence-electron chi connectivity index (χ1n) is 6.05. The number of likely N-dealkylation sites (tertiary alicyclic amines) is 1. The van der Waals surface area contributed by atoms with Crippen LogP contribution in [0.4, 0.5) is 0 Å². The molecule has 1 amide bonds. The largest absolute Gasteiger partial charge is 0.342 e. The Hall–Kier alpha value is -0.280. The average Bonchev–Trinajstić information content (AvgIpc) is 2.63. The number of nitrogens with zero attached hydrogens (tertiary/aromatic N) is 1. The maximum absolute atomic E-state index is 12.1. The predicted octanol–water partition coefficient (Wildman–Crippen LogP) is 2.04. The van der Waals surface area contributed by atoms with Crippen LogP contribution in [0.2, 0.25) is 0 Å². The Labute approximate surface area is 105 Å². The number of carbonyl (C=O) groups is 1. The molecule has 0 saturated carbocycles. The lowest BCUT2D eigenvalue weighted by Gasteiger charge is -2.25. The lowest BCUT2D eigenvalue weighted by atomic mass is 9.90. The van der Waals surface area contributed by atoms with Crippen LogP contribution < -0.4 is 5.73 Å². The quantitative estimate of drug-likeness (QED) is 0.828. The minimum atomic E-state index is 0. The van der Waals surface area contributed by atoms with Gasteiger partial charge in [-0.2, -0.15) is 0 Å². The van der Waals surface area contributed by atoms with Crippen molar-refractivity contribution in [2.24, 2.45) is 17.1 Å². The molecule has 0 radical (unpaired) electrons. The number of amides is 1. The first-order valence-corrected chi connectivity index (χ1v) is 6.05. The summed E-state index contributed by atoms with van der Waals surface area (Å²) < 4.78 is 0. The van der Waals surface area contributed by atoms with Crippen molar-refractivity contribution in [2.75, 3.05) is 19.6 Å². The molecule has 1 rings (SSSR count). The third kappa shape index (κ3) is 3.36. The Bertz CT molecular complexity index is 231. The molecule has 0 spiro atoms. The molecule has 0 aromatic carbocycles. The molecular formula is C12H25ClN2O. The Morgan fingerprint density at radius 3 is 2.38 bits per heavy atom. The zero-order chi connectivity index (χ0) is 11.5. The highest BCUT2D eigenvalue weighted by atomic mass is 35.5. The summed E-state index contributed by atoms with van der Waals surface area (Å²) in [7, 11) is 0. The van der Waals surface area contributed by atoms with Crippen LogP contribution >= 0.6 is 12.4 Å². The maximum atomic E-state index is 12.1. The molecule has 1 aliphatic heterocycles. The summed E-state index contributed by atoms with van der Waals surface area (Å²) >= 11 is 0. The summed E-state index contributed by atoms with van der Waals surface area (Å²) in [6.07, 6.45) is 2.95. The van der Waals surface area contributed by atoms with E-state index in [1.807, 2.05) is 4.90 Å². The van der Waals surface area contributed by atoms with Gasteiger partial charge in [-0.1, -0.05) is 20.8 Å². The van der Waals surface area contributed by atoms with Gasteiger partial charge in [-0.25, -0.2) is 0 Å². The van der Waals surface area contributed by atoms with Crippen LogP contribution in [0.15, 0.2) is 0 Å². The summed E-state index contributed by atoms with van der Waals surface area (Å²) in [6.45, 7) is 8.77. The maximum Gasteiger partial charge on any atom is 0.225 e. The van der Waals surface area contributed by atoms with E-state index in [4.69, 9.17) is 5.73 Å². The molecule has 0 aromatic heterocycles. The number of carbonyl (C=O) groups excluding carboxylic acids is 1. The van der Waals surface area contributed by atoms with E-state index < -0.39 is 0 Å². The van der Waals surface area contributed by atoms with Gasteiger partial charge in [0.2, 0.25) is 5.91 Å². The highest BCUT2D eigenvalue weighted by Gasteiger charge is 2.36. The third-order valence-electron chi connectivity index (χ3n) is 3.70. The minimum Gasteiger partial charge on any atom is -0.342 e. The van der Waals surface area contributed by atoms with Crippen LogP contribution in [0.25, 0.3) is 0 Å². The standard InChI is InChI=1S/C12H24N2O.ClH/c1-4-10(5-2)11(15)14-7-6-12(3,8-13)9-14;/h10H,4-9,13H2,1-3H3;1H. The smallest absolute Gasteiger partial charge is 0.225 e. The van der Waals surface area contributed by atoms with E-state index in [0.717, 1.165) is 32.4 Å². The second-order valence-corrected chi connectivity index (χ2v) is 5.04. The van der Waals surface area contributed by atoms with Crippen molar-refractivity contribution in [1.29, 1.82) is 0 Å². The second kappa shape index (κ2) is 6.45. The average molecular weight is 249 g/mol. The van der Waals surface area contributed by atoms with E-state index in [0.29, 0.717) is 12.5 Å². The van der Waals surface area contributed by atoms with Crippen LogP contribution in [-0.4, -0.2) is 30.4 Å². The third-order valence-corrected chi connectivity index (χ3v) is 3.70. The molecule has 3 nitrogen and oxygen atoms in total. The highest BCUT2D eigenvalue weighted by molar-refractivity contribution is 5.85. The van der Waals surface area contributed by atoms with Gasteiger partial charge in [0.15, 0.2) is 0 Å². The summed E-state index contributed by atoms with van der Waals surface area (Å²) in [4.78, 5) is 14.1. The predicted molar refractivity (Wildman–Crippen MR) is 69.7 cm³/mol. The lowest BCUT2D eigenvalue weighted by molar-refractivity contribution is -0.135. The van der Waals surface area contributed by atoms with Crippen LogP contribution in [-0.2, 0) is 4.79 Å². The zero-order valence-electron chi connectivity index (χ0n) is 10.7. The van der Waals surface area contributed by atoms with Gasteiger partial charge < -0.3 is 10.6 Å². The van der Waals surface area contributed by atoms with E-state index in [1.54, 1.807) is 0 Å². The van der Waals surface area contributed by atoms with Gasteiger partial charge in [0.25, 0.3) is 0 Å². The summed E-state index contributed by atoms with van der Waals surface area (Å²) in [6, 6.07) is 0. The van der Waals surface area contributed by atoms with Crippen molar-refractivity contribution in [3.63, 3.8) is 0 Å². The van der Waals surface area contributed by atoms with Crippen LogP contribution in [0.3, 0.4) is 0 Å². The van der Waals surface area contributed by atoms with E-state index in [1.165, 1.54) is 0 Å². The fourth-order valence-corrected chi connectivity index (χ4v) is 2.27. The Morgan fingerprint density at radius 1 is 1.44 bits per heavy atom. The van der Waals surface area contributed by atoms with Crippen molar-refractivity contribution in [1.82, 2.24) is 4.90 Å². The number of rotatable bonds is 4. The molecular weight excluding hydrogens is 224 g/mol. The van der Waals surface area contributed by atoms with Crippen LogP contribution in [0.5, 0.6) is 0 Å². The lowest BCUT2D eigenvalue weighted by Crippen LogP contribution is -2.37. The SMILES string of the molecule is CCC(CC)C(=O)N1CCC(C)(CN)C1.Cl. The number of hydrogen-bond donors (Lipinski definition) is 1. The fourth-order valence-electron chi connectivity index (χ4n) is 2.27. The number of halogens is 1. The van der Waals surface area contributed by atoms with Gasteiger partial charge in [0.05, 0.1) is 0 Å². The first-order chi connectivity index (χ1) is 7.06. The monoisotopic (exact) mass is 248 g/mol. The van der Waals surface area contributed by atoms with Gasteiger partial charge in [0, 0.05) is 19.0 Å². The first kappa shape index (κ1) is 15.7. The van der Waals surface area contributed by atoms with Crippen molar-refractivity contribution in [3.05, 3.63) is 0 Å². The summed E-state index contributed by atoms with van der Waals surface area (Å²) in [5.74, 6) is 0.544. The molecule has 96 valence electrons. The number of nitrogens with two attached hydrogens (primary N) is 1. The van der Waals surface area contributed by atoms with Gasteiger partial charge in [-0.3, -0.25) is 4.79 Å². The molecule has 1 atom stereocenters. The van der Waals surface area contributed by atoms with Crippen molar-refractivity contribution < 1.29 is 4.79 Å². The summed E-state index contributed by atoms with van der Waals surface area (Å²) in [5, 5.41) is 0. The molecule has 1 saturated heterocycles. The highest BCUT2D eigenvalue weighted by Crippen LogP contribution is 2.30. The van der Waals surface area contributed by atoms with Crippen molar-refractivity contribution in [2.45, 2.75) is 40.0 Å². The van der Waals surface area contributed by atoms with E-state index in [2.05, 4.69) is 20.8 Å². The molecule has 1 fully saturated rings. The van der Waals surface area contributed by atoms with Gasteiger partial charge in [-0.05, 0) is 31.2 Å². The minimum absolute atomic E-state index is 0. The molecule has 1 heterocycles. The normalized spacial score (nSPS) is 24.7. The van der Waals surface area contributed by atoms with Gasteiger partial charge in [-0.15, -0.1) is 12.4 Å². The Balaban J connectivity index is 0.00000225. The molecule has 0 aromatic rings. The van der Waals surface area contributed by atoms with Crippen molar-refractivity contribution >= 4 is 18.3 Å². The molecule has 1 aliphatic rings. The zero-order valence-corrected chi connectivity index (χ0v) is 11.5. The summed E-state index contributed by atoms with van der Waals surface area (Å²) in [5.41, 5.74) is 5.89. The van der Waals surface area contributed by atoms with Crippen LogP contribution in [0.1, 0.15) is 40.0 Å². The van der Waals surface area contributed by atoms with Crippen molar-refractivity contribution in [3.8, 4) is 0 Å². The fraction of sp³-hybridized carbons (Fsp3) is 0.917.